The van der Waals surface area contributed by atoms with Crippen LogP contribution in [0.4, 0.5) is 5.00 Å². The summed E-state index contributed by atoms with van der Waals surface area (Å²) < 4.78 is 0. The zero-order valence-corrected chi connectivity index (χ0v) is 12.1. The lowest BCUT2D eigenvalue weighted by Gasteiger charge is -2.18. The molecule has 0 spiro atoms. The molecule has 7 heteroatoms. The summed E-state index contributed by atoms with van der Waals surface area (Å²) in [6.45, 7) is 1.10. The van der Waals surface area contributed by atoms with Gasteiger partial charge < -0.3 is 11.5 Å². The molecule has 0 aromatic carbocycles. The summed E-state index contributed by atoms with van der Waals surface area (Å²) in [6, 6.07) is 0. The second-order valence-corrected chi connectivity index (χ2v) is 5.91. The molecule has 0 fully saturated rings. The highest BCUT2D eigenvalue weighted by Crippen LogP contribution is 2.40. The topological polar surface area (TPSA) is 106 Å². The van der Waals surface area contributed by atoms with E-state index in [-0.39, 0.29) is 12.5 Å². The van der Waals surface area contributed by atoms with Crippen molar-refractivity contribution < 1.29 is 14.4 Å². The van der Waals surface area contributed by atoms with Crippen LogP contribution in [0.1, 0.15) is 40.6 Å². The lowest BCUT2D eigenvalue weighted by Crippen LogP contribution is -2.37. The number of carbonyl (C=O) groups excluding carboxylic acids is 3. The zero-order chi connectivity index (χ0) is 14.9. The van der Waals surface area contributed by atoms with Crippen LogP contribution in [-0.4, -0.2) is 24.3 Å². The van der Waals surface area contributed by atoms with Crippen LogP contribution in [0.25, 0.3) is 0 Å². The van der Waals surface area contributed by atoms with Gasteiger partial charge in [-0.05, 0) is 31.2 Å². The molecule has 2 rings (SSSR count). The van der Waals surface area contributed by atoms with Gasteiger partial charge in [0, 0.05) is 11.8 Å². The average Bonchev–Trinajstić information content (AvgIpc) is 2.74. The fourth-order valence-corrected chi connectivity index (χ4v) is 3.91. The Morgan fingerprint density at radius 3 is 2.40 bits per heavy atom. The molecule has 0 saturated heterocycles. The lowest BCUT2D eigenvalue weighted by molar-refractivity contribution is -0.121. The molecule has 1 aromatic rings. The zero-order valence-electron chi connectivity index (χ0n) is 11.3. The molecule has 3 amide bonds. The molecule has 0 atom stereocenters. The summed E-state index contributed by atoms with van der Waals surface area (Å²) in [6.07, 6.45) is 3.72. The number of aryl methyl sites for hydroxylation is 1. The van der Waals surface area contributed by atoms with E-state index in [1.165, 1.54) is 23.2 Å². The van der Waals surface area contributed by atoms with Crippen molar-refractivity contribution in [1.82, 2.24) is 0 Å². The third-order valence-electron chi connectivity index (χ3n) is 3.34. The highest BCUT2D eigenvalue weighted by Gasteiger charge is 2.29. The maximum absolute atomic E-state index is 11.7. The quantitative estimate of drug-likeness (QED) is 0.847. The van der Waals surface area contributed by atoms with Crippen molar-refractivity contribution in [3.8, 4) is 0 Å². The van der Waals surface area contributed by atoms with Gasteiger partial charge in [0.2, 0.25) is 11.8 Å². The molecule has 4 N–H and O–H groups in total. The maximum Gasteiger partial charge on any atom is 0.252 e. The van der Waals surface area contributed by atoms with Gasteiger partial charge in [0.25, 0.3) is 5.91 Å². The number of hydrogen-bond donors (Lipinski definition) is 2. The first kappa shape index (κ1) is 14.5. The van der Waals surface area contributed by atoms with Gasteiger partial charge in [-0.15, -0.1) is 11.3 Å². The fourth-order valence-electron chi connectivity index (χ4n) is 2.48. The van der Waals surface area contributed by atoms with Crippen LogP contribution in [0.15, 0.2) is 0 Å². The number of anilines is 1. The first-order chi connectivity index (χ1) is 9.41. The molecule has 108 valence electrons. The van der Waals surface area contributed by atoms with Gasteiger partial charge >= 0.3 is 0 Å². The Labute approximate surface area is 120 Å². The minimum absolute atomic E-state index is 0.241. The number of rotatable bonds is 4. The van der Waals surface area contributed by atoms with Crippen LogP contribution in [0, 0.1) is 0 Å². The van der Waals surface area contributed by atoms with Crippen molar-refractivity contribution in [3.63, 3.8) is 0 Å². The van der Waals surface area contributed by atoms with E-state index in [4.69, 9.17) is 11.5 Å². The second kappa shape index (κ2) is 5.62. The molecule has 0 radical (unpaired) electrons. The van der Waals surface area contributed by atoms with Gasteiger partial charge in [0.15, 0.2) is 0 Å². The monoisotopic (exact) mass is 295 g/mol. The second-order valence-electron chi connectivity index (χ2n) is 4.83. The molecule has 0 unspecified atom stereocenters. The predicted octanol–water partition coefficient (Wildman–Crippen LogP) is 0.564. The predicted molar refractivity (Wildman–Crippen MR) is 76.7 cm³/mol. The van der Waals surface area contributed by atoms with E-state index >= 15 is 0 Å². The molecular formula is C13H17N3O3S. The number of fused-ring (bicyclic) bond motifs is 1. The van der Waals surface area contributed by atoms with Crippen LogP contribution in [0.3, 0.4) is 0 Å². The third-order valence-corrected chi connectivity index (χ3v) is 4.65. The minimum Gasteiger partial charge on any atom is -0.368 e. The Hall–Kier alpha value is -1.89. The molecular weight excluding hydrogens is 278 g/mol. The minimum atomic E-state index is -0.623. The highest BCUT2D eigenvalue weighted by atomic mass is 32.1. The normalized spacial score (nSPS) is 13.7. The van der Waals surface area contributed by atoms with E-state index in [1.54, 1.807) is 0 Å². The number of nitrogens with two attached hydrogens (primary N) is 2. The summed E-state index contributed by atoms with van der Waals surface area (Å²) in [4.78, 5) is 36.9. The molecule has 1 aromatic heterocycles. The van der Waals surface area contributed by atoms with Crippen molar-refractivity contribution >= 4 is 34.1 Å². The van der Waals surface area contributed by atoms with Gasteiger partial charge in [-0.3, -0.25) is 19.3 Å². The molecule has 0 bridgehead atoms. The van der Waals surface area contributed by atoms with Crippen LogP contribution < -0.4 is 16.4 Å². The Morgan fingerprint density at radius 2 is 1.85 bits per heavy atom. The van der Waals surface area contributed by atoms with Crippen molar-refractivity contribution in [2.75, 3.05) is 11.4 Å². The smallest absolute Gasteiger partial charge is 0.252 e. The van der Waals surface area contributed by atoms with E-state index in [0.29, 0.717) is 10.6 Å². The Kier molecular flexibility index (Phi) is 4.08. The van der Waals surface area contributed by atoms with Crippen molar-refractivity contribution in [2.24, 2.45) is 11.5 Å². The SMILES string of the molecule is CC(=O)N(CC(N)=O)c1sc2c(c1C(N)=O)CCCC2. The molecule has 1 aliphatic carbocycles. The number of nitrogens with zero attached hydrogens (tertiary/aromatic N) is 1. The summed E-state index contributed by atoms with van der Waals surface area (Å²) in [5.41, 5.74) is 11.9. The number of primary amides is 2. The average molecular weight is 295 g/mol. The molecule has 20 heavy (non-hydrogen) atoms. The number of amides is 3. The largest absolute Gasteiger partial charge is 0.368 e. The van der Waals surface area contributed by atoms with E-state index in [1.807, 2.05) is 0 Å². The van der Waals surface area contributed by atoms with Gasteiger partial charge in [0.05, 0.1) is 5.56 Å². The Balaban J connectivity index is 2.53. The fraction of sp³-hybridized carbons (Fsp3) is 0.462. The van der Waals surface area contributed by atoms with E-state index < -0.39 is 11.8 Å². The van der Waals surface area contributed by atoms with E-state index in [9.17, 15) is 14.4 Å². The summed E-state index contributed by atoms with van der Waals surface area (Å²) >= 11 is 1.37. The van der Waals surface area contributed by atoms with Gasteiger partial charge in [-0.25, -0.2) is 0 Å². The van der Waals surface area contributed by atoms with Crippen molar-refractivity contribution in [1.29, 1.82) is 0 Å². The van der Waals surface area contributed by atoms with Crippen LogP contribution in [0.2, 0.25) is 0 Å². The Bertz CT molecular complexity index is 580. The van der Waals surface area contributed by atoms with Crippen LogP contribution >= 0.6 is 11.3 Å². The maximum atomic E-state index is 11.7. The van der Waals surface area contributed by atoms with E-state index in [0.717, 1.165) is 36.1 Å². The van der Waals surface area contributed by atoms with Crippen molar-refractivity contribution in [2.45, 2.75) is 32.6 Å². The third kappa shape index (κ3) is 2.67. The van der Waals surface area contributed by atoms with Gasteiger partial charge in [-0.1, -0.05) is 0 Å². The highest BCUT2D eigenvalue weighted by molar-refractivity contribution is 7.17. The number of hydrogen-bond acceptors (Lipinski definition) is 4. The summed E-state index contributed by atoms with van der Waals surface area (Å²) in [7, 11) is 0. The molecule has 1 heterocycles. The lowest BCUT2D eigenvalue weighted by atomic mass is 9.95. The standard InChI is InChI=1S/C13H17N3O3S/c1-7(17)16(6-10(14)18)13-11(12(15)19)8-4-2-3-5-9(8)20-13/h2-6H2,1H3,(H2,14,18)(H2,15,19). The summed E-state index contributed by atoms with van der Waals surface area (Å²) in [5.74, 6) is -1.51. The van der Waals surface area contributed by atoms with Crippen molar-refractivity contribution in [3.05, 3.63) is 16.0 Å². The molecule has 0 saturated carbocycles. The Morgan fingerprint density at radius 1 is 1.20 bits per heavy atom. The van der Waals surface area contributed by atoms with Gasteiger partial charge in [0.1, 0.15) is 11.5 Å². The van der Waals surface area contributed by atoms with Crippen LogP contribution in [-0.2, 0) is 22.4 Å². The molecule has 1 aliphatic rings. The first-order valence-corrected chi connectivity index (χ1v) is 7.24. The van der Waals surface area contributed by atoms with E-state index in [2.05, 4.69) is 0 Å². The number of carbonyl (C=O) groups is 3. The first-order valence-electron chi connectivity index (χ1n) is 6.42. The van der Waals surface area contributed by atoms with Gasteiger partial charge in [-0.2, -0.15) is 0 Å². The number of thiophene rings is 1. The molecule has 6 nitrogen and oxygen atoms in total. The molecule has 0 aliphatic heterocycles. The summed E-state index contributed by atoms with van der Waals surface area (Å²) in [5, 5.41) is 0.454. The van der Waals surface area contributed by atoms with Crippen LogP contribution in [0.5, 0.6) is 0 Å².